The van der Waals surface area contributed by atoms with Gasteiger partial charge in [0.25, 0.3) is 0 Å². The molecule has 0 N–H and O–H groups in total. The standard InChI is InChI=1S/C76H126O6/c1-4-7-10-13-16-19-22-25-28-31-34-36-38-40-42-45-48-51-54-57-60-63-66-69-75(78)81-72-73(71-80-74(77)68-65-62-59-56-53-50-47-44-41-33-30-27-24-21-18-15-12-9-6-3)82-76(79)70-67-64-61-58-55-52-49-46-43-39-37-35-32-29-26-23-20-17-14-11-8-5-2/h7,9-10,12,16,18-19,21,25,27-28,30,34,36,40-42,44,50,53,59,62,73H,4-6,8,11,13-15,17,20,22-24,26,29,31-33,35,37-39,43,45-49,51-52,54-58,60-61,63-72H2,1-3H3/b10-7-,12-9-,19-16-,21-18-,28-25-,30-27-,36-34-,42-40-,44-41-,53-50-,62-59-. The van der Waals surface area contributed by atoms with E-state index in [0.29, 0.717) is 19.3 Å². The lowest BCUT2D eigenvalue weighted by Crippen LogP contribution is -2.30. The number of carbonyl (C=O) groups is 3. The SMILES string of the molecule is CC/C=C\C/C=C\C/C=C\C/C=C\C/C=C\C/C=C\CCC(=O)OCC(COC(=O)CCCCCCCCC/C=C\C/C=C\C/C=C\C/C=C\C/C=C\CC)OC(=O)CCCCCCCCCCCCCCCCCCCCCCCC. The van der Waals surface area contributed by atoms with E-state index in [0.717, 1.165) is 116 Å². The Balaban J connectivity index is 4.48. The van der Waals surface area contributed by atoms with Crippen LogP contribution < -0.4 is 0 Å². The Morgan fingerprint density at radius 2 is 0.500 bits per heavy atom. The molecule has 0 heterocycles. The van der Waals surface area contributed by atoms with Crippen LogP contribution in [0.25, 0.3) is 0 Å². The van der Waals surface area contributed by atoms with Crippen molar-refractivity contribution in [3.8, 4) is 0 Å². The van der Waals surface area contributed by atoms with Gasteiger partial charge in [0.1, 0.15) is 13.2 Å². The fourth-order valence-corrected chi connectivity index (χ4v) is 9.38. The van der Waals surface area contributed by atoms with Crippen molar-refractivity contribution in [3.63, 3.8) is 0 Å². The van der Waals surface area contributed by atoms with Gasteiger partial charge in [0.05, 0.1) is 0 Å². The van der Waals surface area contributed by atoms with E-state index in [1.54, 1.807) is 0 Å². The summed E-state index contributed by atoms with van der Waals surface area (Å²) in [5, 5.41) is 0. The summed E-state index contributed by atoms with van der Waals surface area (Å²) in [6.07, 6.45) is 97.6. The van der Waals surface area contributed by atoms with Gasteiger partial charge >= 0.3 is 17.9 Å². The Kier molecular flexibility index (Phi) is 65.3. The van der Waals surface area contributed by atoms with Crippen LogP contribution in [-0.2, 0) is 28.6 Å². The van der Waals surface area contributed by atoms with Gasteiger partial charge in [-0.3, -0.25) is 14.4 Å². The molecule has 0 bridgehead atoms. The Hall–Kier alpha value is -4.45. The zero-order valence-electron chi connectivity index (χ0n) is 53.5. The summed E-state index contributed by atoms with van der Waals surface area (Å²) in [6.45, 7) is 6.37. The van der Waals surface area contributed by atoms with Gasteiger partial charge in [-0.05, 0) is 103 Å². The molecule has 1 atom stereocenters. The van der Waals surface area contributed by atoms with E-state index < -0.39 is 6.10 Å². The monoisotopic (exact) mass is 1130 g/mol. The zero-order chi connectivity index (χ0) is 59.2. The first-order valence-electron chi connectivity index (χ1n) is 34.2. The first-order chi connectivity index (χ1) is 40.5. The minimum atomic E-state index is -0.819. The molecule has 0 rings (SSSR count). The van der Waals surface area contributed by atoms with Crippen molar-refractivity contribution in [2.24, 2.45) is 0 Å². The Labute approximate surface area is 506 Å². The topological polar surface area (TPSA) is 78.9 Å². The van der Waals surface area contributed by atoms with Crippen molar-refractivity contribution in [2.45, 2.75) is 316 Å². The van der Waals surface area contributed by atoms with Gasteiger partial charge < -0.3 is 14.2 Å². The van der Waals surface area contributed by atoms with E-state index in [-0.39, 0.29) is 37.5 Å². The van der Waals surface area contributed by atoms with Crippen molar-refractivity contribution in [3.05, 3.63) is 134 Å². The van der Waals surface area contributed by atoms with E-state index in [2.05, 4.69) is 148 Å². The lowest BCUT2D eigenvalue weighted by molar-refractivity contribution is -0.166. The molecule has 6 nitrogen and oxygen atoms in total. The summed E-state index contributed by atoms with van der Waals surface area (Å²) in [7, 11) is 0. The number of hydrogen-bond donors (Lipinski definition) is 0. The van der Waals surface area contributed by atoms with Gasteiger partial charge in [-0.1, -0.05) is 321 Å². The fourth-order valence-electron chi connectivity index (χ4n) is 9.38. The molecule has 6 heteroatoms. The van der Waals surface area contributed by atoms with Crippen molar-refractivity contribution in [2.75, 3.05) is 13.2 Å². The molecule has 82 heavy (non-hydrogen) atoms. The molecule has 0 aromatic rings. The highest BCUT2D eigenvalue weighted by Crippen LogP contribution is 2.17. The van der Waals surface area contributed by atoms with Crippen LogP contribution in [0.15, 0.2) is 134 Å². The van der Waals surface area contributed by atoms with Crippen LogP contribution in [0.2, 0.25) is 0 Å². The maximum Gasteiger partial charge on any atom is 0.306 e. The number of unbranched alkanes of at least 4 members (excludes halogenated alkanes) is 28. The Bertz CT molecular complexity index is 1730. The summed E-state index contributed by atoms with van der Waals surface area (Å²) in [5.74, 6) is -0.997. The Morgan fingerprint density at radius 1 is 0.256 bits per heavy atom. The van der Waals surface area contributed by atoms with Crippen molar-refractivity contribution in [1.82, 2.24) is 0 Å². The first-order valence-corrected chi connectivity index (χ1v) is 34.2. The van der Waals surface area contributed by atoms with E-state index in [1.807, 2.05) is 6.08 Å². The third kappa shape index (κ3) is 66.4. The minimum Gasteiger partial charge on any atom is -0.462 e. The van der Waals surface area contributed by atoms with Crippen LogP contribution in [0.3, 0.4) is 0 Å². The van der Waals surface area contributed by atoms with E-state index in [4.69, 9.17) is 14.2 Å². The van der Waals surface area contributed by atoms with Gasteiger partial charge in [0, 0.05) is 19.3 Å². The third-order valence-electron chi connectivity index (χ3n) is 14.4. The van der Waals surface area contributed by atoms with Crippen molar-refractivity contribution >= 4 is 17.9 Å². The van der Waals surface area contributed by atoms with Crippen LogP contribution in [0.1, 0.15) is 310 Å². The van der Waals surface area contributed by atoms with Gasteiger partial charge in [0.2, 0.25) is 0 Å². The normalized spacial score (nSPS) is 13.0. The first kappa shape index (κ1) is 77.5. The van der Waals surface area contributed by atoms with Crippen molar-refractivity contribution < 1.29 is 28.6 Å². The number of esters is 3. The molecule has 0 saturated carbocycles. The maximum atomic E-state index is 13.0. The van der Waals surface area contributed by atoms with Gasteiger partial charge in [-0.2, -0.15) is 0 Å². The number of carbonyl (C=O) groups excluding carboxylic acids is 3. The fraction of sp³-hybridized carbons (Fsp3) is 0.671. The number of ether oxygens (including phenoxy) is 3. The summed E-state index contributed by atoms with van der Waals surface area (Å²) in [5.41, 5.74) is 0. The van der Waals surface area contributed by atoms with Crippen LogP contribution in [-0.4, -0.2) is 37.2 Å². The number of rotatable bonds is 61. The molecule has 0 aliphatic heterocycles. The molecule has 0 spiro atoms. The lowest BCUT2D eigenvalue weighted by Gasteiger charge is -2.18. The van der Waals surface area contributed by atoms with Gasteiger partial charge in [-0.25, -0.2) is 0 Å². The summed E-state index contributed by atoms with van der Waals surface area (Å²) in [4.78, 5) is 38.4. The second-order valence-corrected chi connectivity index (χ2v) is 22.3. The van der Waals surface area contributed by atoms with Crippen LogP contribution >= 0.6 is 0 Å². The molecule has 0 aliphatic rings. The predicted molar refractivity (Wildman–Crippen MR) is 357 cm³/mol. The van der Waals surface area contributed by atoms with Crippen LogP contribution in [0.4, 0.5) is 0 Å². The number of allylic oxidation sites excluding steroid dienone is 22. The predicted octanol–water partition coefficient (Wildman–Crippen LogP) is 23.7. The zero-order valence-corrected chi connectivity index (χ0v) is 53.5. The van der Waals surface area contributed by atoms with E-state index in [9.17, 15) is 14.4 Å². The van der Waals surface area contributed by atoms with Crippen molar-refractivity contribution in [1.29, 1.82) is 0 Å². The molecule has 0 aliphatic carbocycles. The van der Waals surface area contributed by atoms with Gasteiger partial charge in [-0.15, -0.1) is 0 Å². The average molecular weight is 1140 g/mol. The molecule has 0 amide bonds. The van der Waals surface area contributed by atoms with Crippen LogP contribution in [0.5, 0.6) is 0 Å². The molecule has 0 aromatic heterocycles. The second-order valence-electron chi connectivity index (χ2n) is 22.3. The average Bonchev–Trinajstić information content (AvgIpc) is 3.47. The minimum absolute atomic E-state index is 0.109. The lowest BCUT2D eigenvalue weighted by atomic mass is 10.0. The smallest absolute Gasteiger partial charge is 0.306 e. The third-order valence-corrected chi connectivity index (χ3v) is 14.4. The van der Waals surface area contributed by atoms with E-state index in [1.165, 1.54) is 148 Å². The number of hydrogen-bond acceptors (Lipinski definition) is 6. The van der Waals surface area contributed by atoms with E-state index >= 15 is 0 Å². The highest BCUT2D eigenvalue weighted by molar-refractivity contribution is 5.71. The Morgan fingerprint density at radius 3 is 0.817 bits per heavy atom. The van der Waals surface area contributed by atoms with Gasteiger partial charge in [0.15, 0.2) is 6.10 Å². The molecule has 0 radical (unpaired) electrons. The molecular weight excluding hydrogens is 1010 g/mol. The molecule has 0 aromatic carbocycles. The summed E-state index contributed by atoms with van der Waals surface area (Å²) < 4.78 is 16.9. The quantitative estimate of drug-likeness (QED) is 0.0261. The molecular formula is C76H126O6. The van der Waals surface area contributed by atoms with Crippen LogP contribution in [0, 0.1) is 0 Å². The maximum absolute atomic E-state index is 13.0. The molecule has 466 valence electrons. The molecule has 0 fully saturated rings. The highest BCUT2D eigenvalue weighted by atomic mass is 16.6. The summed E-state index contributed by atoms with van der Waals surface area (Å²) in [6, 6.07) is 0. The second kappa shape index (κ2) is 69.0. The molecule has 1 unspecified atom stereocenters. The largest absolute Gasteiger partial charge is 0.462 e. The highest BCUT2D eigenvalue weighted by Gasteiger charge is 2.19. The summed E-state index contributed by atoms with van der Waals surface area (Å²) >= 11 is 0. The molecule has 0 saturated heterocycles.